The maximum Gasteiger partial charge on any atom is 0.261 e. The van der Waals surface area contributed by atoms with Gasteiger partial charge in [0.25, 0.3) is 5.91 Å². The number of aromatic nitrogens is 1. The van der Waals surface area contributed by atoms with Crippen LogP contribution in [0.2, 0.25) is 0 Å². The number of nitrogens with zero attached hydrogens (tertiary/aromatic N) is 1. The van der Waals surface area contributed by atoms with Crippen LogP contribution in [0.1, 0.15) is 58.4 Å². The number of ether oxygens (including phenoxy) is 1. The number of hydrogen-bond donors (Lipinski definition) is 2. The molecule has 162 valence electrons. The molecule has 2 aliphatic rings. The van der Waals surface area contributed by atoms with Crippen molar-refractivity contribution in [2.24, 2.45) is 0 Å². The minimum Gasteiger partial charge on any atom is -0.369 e. The summed E-state index contributed by atoms with van der Waals surface area (Å²) < 4.78 is 30.1. The Morgan fingerprint density at radius 1 is 1.37 bits per heavy atom. The second-order valence-electron chi connectivity index (χ2n) is 7.92. The summed E-state index contributed by atoms with van der Waals surface area (Å²) in [6.07, 6.45) is 3.19. The highest BCUT2D eigenvalue weighted by Gasteiger charge is 2.43. The Balaban J connectivity index is 1.48. The van der Waals surface area contributed by atoms with Crippen molar-refractivity contribution in [1.29, 1.82) is 0 Å². The van der Waals surface area contributed by atoms with Crippen molar-refractivity contribution in [1.82, 2.24) is 15.6 Å². The van der Waals surface area contributed by atoms with Gasteiger partial charge < -0.3 is 15.4 Å². The molecule has 1 spiro atoms. The lowest BCUT2D eigenvalue weighted by atomic mass is 9.83. The Kier molecular flexibility index (Phi) is 5.98. The van der Waals surface area contributed by atoms with Crippen LogP contribution < -0.4 is 10.6 Å². The van der Waals surface area contributed by atoms with Crippen LogP contribution in [0.4, 0.5) is 0 Å². The molecule has 1 atom stereocenters. The summed E-state index contributed by atoms with van der Waals surface area (Å²) in [5, 5.41) is 6.29. The topological polar surface area (TPSA) is 97.4 Å². The second-order valence-corrected chi connectivity index (χ2v) is 11.3. The SMILES string of the molecule is CCS(=O)(=O)c1ccc(CNC(=O)c2cc3c(s2)C2(CCNCC2)OC[C@H]3C)nc1. The quantitative estimate of drug-likeness (QED) is 0.728. The number of carbonyl (C=O) groups is 1. The number of amides is 1. The molecular weight excluding hydrogens is 422 g/mol. The molecule has 2 aromatic rings. The largest absolute Gasteiger partial charge is 0.369 e. The number of piperidine rings is 1. The van der Waals surface area contributed by atoms with Crippen molar-refractivity contribution in [2.75, 3.05) is 25.4 Å². The lowest BCUT2D eigenvalue weighted by molar-refractivity contribution is -0.0842. The van der Waals surface area contributed by atoms with Crippen LogP contribution >= 0.6 is 11.3 Å². The van der Waals surface area contributed by atoms with Gasteiger partial charge in [-0.3, -0.25) is 9.78 Å². The highest BCUT2D eigenvalue weighted by atomic mass is 32.2. The van der Waals surface area contributed by atoms with Crippen molar-refractivity contribution >= 4 is 27.1 Å². The normalized spacial score (nSPS) is 20.7. The molecule has 30 heavy (non-hydrogen) atoms. The second kappa shape index (κ2) is 8.37. The molecule has 2 aromatic heterocycles. The molecule has 1 fully saturated rings. The smallest absolute Gasteiger partial charge is 0.261 e. The number of pyridine rings is 1. The van der Waals surface area contributed by atoms with Gasteiger partial charge in [-0.2, -0.15) is 0 Å². The third kappa shape index (κ3) is 4.03. The number of hydrogen-bond acceptors (Lipinski definition) is 7. The summed E-state index contributed by atoms with van der Waals surface area (Å²) in [4.78, 5) is 19.1. The van der Waals surface area contributed by atoms with Gasteiger partial charge in [0.15, 0.2) is 9.84 Å². The predicted octanol–water partition coefficient (Wildman–Crippen LogP) is 2.58. The van der Waals surface area contributed by atoms with Gasteiger partial charge in [0.1, 0.15) is 5.60 Å². The van der Waals surface area contributed by atoms with Crippen LogP contribution in [-0.2, 0) is 26.7 Å². The summed E-state index contributed by atoms with van der Waals surface area (Å²) in [5.74, 6) is 0.166. The molecule has 4 rings (SSSR count). The minimum absolute atomic E-state index is 0.0352. The average molecular weight is 450 g/mol. The van der Waals surface area contributed by atoms with Crippen molar-refractivity contribution in [3.63, 3.8) is 0 Å². The van der Waals surface area contributed by atoms with E-state index in [-0.39, 0.29) is 34.6 Å². The average Bonchev–Trinajstić information content (AvgIpc) is 3.23. The minimum atomic E-state index is -3.27. The molecule has 0 radical (unpaired) electrons. The highest BCUT2D eigenvalue weighted by Crippen LogP contribution is 2.47. The summed E-state index contributed by atoms with van der Waals surface area (Å²) in [6, 6.07) is 5.19. The van der Waals surface area contributed by atoms with Gasteiger partial charge in [0, 0.05) is 17.0 Å². The predicted molar refractivity (Wildman–Crippen MR) is 116 cm³/mol. The number of thiophene rings is 1. The molecule has 4 heterocycles. The van der Waals surface area contributed by atoms with Gasteiger partial charge in [-0.15, -0.1) is 11.3 Å². The van der Waals surface area contributed by atoms with Crippen LogP contribution in [-0.4, -0.2) is 44.8 Å². The fourth-order valence-corrected chi connectivity index (χ4v) is 6.22. The standard InChI is InChI=1S/C21H27N3O4S2/c1-3-30(26,27)16-5-4-15(23-12-16)11-24-20(25)18-10-17-14(2)13-28-21(19(17)29-18)6-8-22-9-7-21/h4-5,10,12,14,22H,3,6-9,11,13H2,1-2H3,(H,24,25)/t14-/m1/s1. The fraction of sp³-hybridized carbons (Fsp3) is 0.524. The first-order valence-corrected chi connectivity index (χ1v) is 12.8. The zero-order chi connectivity index (χ0) is 21.4. The summed E-state index contributed by atoms with van der Waals surface area (Å²) >= 11 is 1.53. The molecule has 0 unspecified atom stereocenters. The van der Waals surface area contributed by atoms with Gasteiger partial charge in [-0.1, -0.05) is 13.8 Å². The number of carbonyl (C=O) groups excluding carboxylic acids is 1. The van der Waals surface area contributed by atoms with E-state index in [1.165, 1.54) is 34.0 Å². The van der Waals surface area contributed by atoms with E-state index in [9.17, 15) is 13.2 Å². The number of nitrogens with one attached hydrogen (secondary N) is 2. The summed E-state index contributed by atoms with van der Waals surface area (Å²) in [6.45, 7) is 6.50. The van der Waals surface area contributed by atoms with Crippen LogP contribution in [0.3, 0.4) is 0 Å². The van der Waals surface area contributed by atoms with Crippen molar-refractivity contribution in [2.45, 2.75) is 49.6 Å². The van der Waals surface area contributed by atoms with Gasteiger partial charge in [-0.05, 0) is 49.7 Å². The van der Waals surface area contributed by atoms with Crippen LogP contribution in [0.25, 0.3) is 0 Å². The lowest BCUT2D eigenvalue weighted by Crippen LogP contribution is -2.44. The zero-order valence-electron chi connectivity index (χ0n) is 17.2. The molecule has 7 nitrogen and oxygen atoms in total. The van der Waals surface area contributed by atoms with Crippen LogP contribution in [0.15, 0.2) is 29.3 Å². The summed E-state index contributed by atoms with van der Waals surface area (Å²) in [5.41, 5.74) is 1.58. The van der Waals surface area contributed by atoms with E-state index in [1.807, 2.05) is 6.07 Å². The molecule has 0 aliphatic carbocycles. The monoisotopic (exact) mass is 449 g/mol. The van der Waals surface area contributed by atoms with Crippen molar-refractivity contribution in [3.05, 3.63) is 45.4 Å². The van der Waals surface area contributed by atoms with E-state index in [1.54, 1.807) is 13.0 Å². The van der Waals surface area contributed by atoms with Crippen LogP contribution in [0.5, 0.6) is 0 Å². The fourth-order valence-electron chi connectivity index (χ4n) is 4.01. The third-order valence-corrected chi connectivity index (χ3v) is 8.97. The number of rotatable bonds is 5. The maximum absolute atomic E-state index is 12.8. The number of sulfone groups is 1. The maximum atomic E-state index is 12.8. The zero-order valence-corrected chi connectivity index (χ0v) is 18.9. The Morgan fingerprint density at radius 3 is 2.80 bits per heavy atom. The molecule has 2 N–H and O–H groups in total. The molecule has 0 aromatic carbocycles. The first-order valence-electron chi connectivity index (χ1n) is 10.3. The molecule has 2 aliphatic heterocycles. The highest BCUT2D eigenvalue weighted by molar-refractivity contribution is 7.91. The van der Waals surface area contributed by atoms with E-state index in [0.717, 1.165) is 25.9 Å². The molecule has 9 heteroatoms. The van der Waals surface area contributed by atoms with E-state index in [2.05, 4.69) is 22.5 Å². The molecule has 1 amide bonds. The van der Waals surface area contributed by atoms with Gasteiger partial charge in [0.05, 0.1) is 34.4 Å². The van der Waals surface area contributed by atoms with E-state index in [4.69, 9.17) is 4.74 Å². The van der Waals surface area contributed by atoms with E-state index >= 15 is 0 Å². The molecule has 0 saturated carbocycles. The molecular formula is C21H27N3O4S2. The third-order valence-electron chi connectivity index (χ3n) is 5.92. The van der Waals surface area contributed by atoms with Crippen LogP contribution in [0, 0.1) is 0 Å². The number of fused-ring (bicyclic) bond motifs is 2. The Bertz CT molecular complexity index is 1030. The van der Waals surface area contributed by atoms with E-state index in [0.29, 0.717) is 17.2 Å². The van der Waals surface area contributed by atoms with E-state index < -0.39 is 9.84 Å². The molecule has 0 bridgehead atoms. The Hall–Kier alpha value is -1.81. The van der Waals surface area contributed by atoms with Gasteiger partial charge in [-0.25, -0.2) is 8.42 Å². The first-order chi connectivity index (χ1) is 14.3. The lowest BCUT2D eigenvalue weighted by Gasteiger charge is -2.42. The van der Waals surface area contributed by atoms with Gasteiger partial charge >= 0.3 is 0 Å². The Morgan fingerprint density at radius 2 is 2.13 bits per heavy atom. The first kappa shape index (κ1) is 21.4. The molecule has 1 saturated heterocycles. The summed E-state index contributed by atoms with van der Waals surface area (Å²) in [7, 11) is -3.27. The van der Waals surface area contributed by atoms with Crippen molar-refractivity contribution in [3.8, 4) is 0 Å². The van der Waals surface area contributed by atoms with Crippen molar-refractivity contribution < 1.29 is 17.9 Å². The van der Waals surface area contributed by atoms with Gasteiger partial charge in [0.2, 0.25) is 0 Å². The Labute approximate surface area is 181 Å².